The zero-order valence-corrected chi connectivity index (χ0v) is 20.6. The van der Waals surface area contributed by atoms with Gasteiger partial charge in [0.1, 0.15) is 0 Å². The number of hydrogen-bond acceptors (Lipinski definition) is 4. The summed E-state index contributed by atoms with van der Waals surface area (Å²) in [6.45, 7) is 5.87. The molecule has 1 amide bonds. The largest absolute Gasteiger partial charge is 0.352 e. The molecule has 0 saturated heterocycles. The lowest BCUT2D eigenvalue weighted by Crippen LogP contribution is -2.33. The molecule has 0 radical (unpaired) electrons. The lowest BCUT2D eigenvalue weighted by molar-refractivity contribution is 0.0951. The Kier molecular flexibility index (Phi) is 5.84. The van der Waals surface area contributed by atoms with Crippen LogP contribution in [-0.4, -0.2) is 39.8 Å². The molecule has 2 aromatic heterocycles. The van der Waals surface area contributed by atoms with E-state index in [-0.39, 0.29) is 5.91 Å². The molecule has 0 spiro atoms. The number of carbonyl (C=O) groups is 1. The van der Waals surface area contributed by atoms with Crippen LogP contribution in [0.5, 0.6) is 0 Å². The third-order valence-electron chi connectivity index (χ3n) is 6.85. The Morgan fingerprint density at radius 3 is 2.74 bits per heavy atom. The highest BCUT2D eigenvalue weighted by Crippen LogP contribution is 2.30. The first-order valence-corrected chi connectivity index (χ1v) is 13.0. The average molecular weight is 481 g/mol. The van der Waals surface area contributed by atoms with Crippen LogP contribution in [0.4, 0.5) is 0 Å². The van der Waals surface area contributed by atoms with Gasteiger partial charge in [0, 0.05) is 43.5 Å². The number of aromatic nitrogens is 2. The lowest BCUT2D eigenvalue weighted by atomic mass is 10.00. The van der Waals surface area contributed by atoms with E-state index in [4.69, 9.17) is 4.98 Å². The minimum Gasteiger partial charge on any atom is -0.352 e. The fourth-order valence-electron chi connectivity index (χ4n) is 4.86. The first kappa shape index (κ1) is 22.0. The number of hydrogen-bond donors (Lipinski definition) is 1. The number of nitrogens with zero attached hydrogens (tertiary/aromatic N) is 3. The fraction of sp³-hybridized carbons (Fsp3) is 0.241. The Morgan fingerprint density at radius 2 is 1.89 bits per heavy atom. The highest BCUT2D eigenvalue weighted by atomic mass is 32.1. The van der Waals surface area contributed by atoms with Crippen molar-refractivity contribution in [2.75, 3.05) is 19.6 Å². The molecule has 176 valence electrons. The molecule has 0 atom stereocenters. The summed E-state index contributed by atoms with van der Waals surface area (Å²) in [5.41, 5.74) is 8.01. The summed E-state index contributed by atoms with van der Waals surface area (Å²) in [6.07, 6.45) is 4.14. The number of carbonyl (C=O) groups excluding carboxylic acids is 1. The molecule has 1 N–H and O–H groups in total. The number of thiazole rings is 1. The van der Waals surface area contributed by atoms with E-state index in [1.165, 1.54) is 16.7 Å². The average Bonchev–Trinajstić information content (AvgIpc) is 3.44. The molecule has 0 bridgehead atoms. The van der Waals surface area contributed by atoms with Crippen LogP contribution >= 0.6 is 11.3 Å². The third-order valence-corrected chi connectivity index (χ3v) is 7.87. The van der Waals surface area contributed by atoms with Gasteiger partial charge in [0.15, 0.2) is 4.96 Å². The predicted octanol–water partition coefficient (Wildman–Crippen LogP) is 5.70. The normalized spacial score (nSPS) is 13.9. The quantitative estimate of drug-likeness (QED) is 0.317. The minimum absolute atomic E-state index is 0.0118. The molecule has 5 nitrogen and oxygen atoms in total. The topological polar surface area (TPSA) is 49.6 Å². The van der Waals surface area contributed by atoms with Gasteiger partial charge in [0.2, 0.25) is 0 Å². The summed E-state index contributed by atoms with van der Waals surface area (Å²) >= 11 is 1.62. The molecule has 0 aliphatic carbocycles. The predicted molar refractivity (Wildman–Crippen MR) is 143 cm³/mol. The summed E-state index contributed by atoms with van der Waals surface area (Å²) < 4.78 is 3.19. The van der Waals surface area contributed by atoms with E-state index in [1.54, 1.807) is 11.3 Å². The molecule has 0 fully saturated rings. The Morgan fingerprint density at radius 1 is 1.06 bits per heavy atom. The van der Waals surface area contributed by atoms with Gasteiger partial charge in [0.05, 0.1) is 15.9 Å². The standard InChI is InChI=1S/C29H28N4OS/c1-20-7-9-22(10-8-20)25-19-33-26-12-11-23(17-27(26)35-29(33)31-25)28(34)30-14-4-15-32-16-13-21-5-2-3-6-24(21)18-32/h2-3,5-12,17,19H,4,13-16,18H2,1H3,(H,30,34). The van der Waals surface area contributed by atoms with Crippen LogP contribution in [0.3, 0.4) is 0 Å². The van der Waals surface area contributed by atoms with Crippen molar-refractivity contribution in [3.05, 3.63) is 95.2 Å². The highest BCUT2D eigenvalue weighted by Gasteiger charge is 2.16. The summed E-state index contributed by atoms with van der Waals surface area (Å²) in [6, 6.07) is 23.1. The second-order valence-electron chi connectivity index (χ2n) is 9.33. The van der Waals surface area contributed by atoms with Crippen molar-refractivity contribution in [3.8, 4) is 11.3 Å². The number of benzene rings is 3. The summed E-state index contributed by atoms with van der Waals surface area (Å²) in [5.74, 6) is -0.0118. The number of rotatable bonds is 6. The van der Waals surface area contributed by atoms with Gasteiger partial charge in [-0.15, -0.1) is 0 Å². The van der Waals surface area contributed by atoms with Crippen LogP contribution in [0.25, 0.3) is 26.4 Å². The van der Waals surface area contributed by atoms with E-state index in [0.717, 1.165) is 58.9 Å². The molecule has 3 aromatic carbocycles. The first-order valence-electron chi connectivity index (χ1n) is 12.2. The molecule has 6 heteroatoms. The molecule has 5 aromatic rings. The fourth-order valence-corrected chi connectivity index (χ4v) is 5.90. The summed E-state index contributed by atoms with van der Waals surface area (Å²) in [7, 11) is 0. The van der Waals surface area contributed by atoms with Crippen molar-refractivity contribution in [1.29, 1.82) is 0 Å². The SMILES string of the molecule is Cc1ccc(-c2cn3c(n2)sc2cc(C(=O)NCCCN4CCc5ccccc5C4)ccc23)cc1. The maximum atomic E-state index is 12.8. The Balaban J connectivity index is 1.08. The number of fused-ring (bicyclic) bond motifs is 4. The second-order valence-corrected chi connectivity index (χ2v) is 10.3. The van der Waals surface area contributed by atoms with E-state index < -0.39 is 0 Å². The van der Waals surface area contributed by atoms with Gasteiger partial charge in [-0.05, 0) is 49.1 Å². The number of amides is 1. The van der Waals surface area contributed by atoms with Gasteiger partial charge in [-0.1, -0.05) is 65.4 Å². The van der Waals surface area contributed by atoms with Gasteiger partial charge in [-0.2, -0.15) is 0 Å². The summed E-state index contributed by atoms with van der Waals surface area (Å²) in [4.78, 5) is 21.0. The van der Waals surface area contributed by atoms with Gasteiger partial charge in [0.25, 0.3) is 5.91 Å². The van der Waals surface area contributed by atoms with Crippen LogP contribution in [0.1, 0.15) is 33.5 Å². The second kappa shape index (κ2) is 9.29. The molecule has 1 aliphatic heterocycles. The highest BCUT2D eigenvalue weighted by molar-refractivity contribution is 7.23. The van der Waals surface area contributed by atoms with Crippen LogP contribution in [0, 0.1) is 6.92 Å². The van der Waals surface area contributed by atoms with Crippen LogP contribution in [0.15, 0.2) is 72.9 Å². The monoisotopic (exact) mass is 480 g/mol. The zero-order valence-electron chi connectivity index (χ0n) is 19.8. The van der Waals surface area contributed by atoms with E-state index in [0.29, 0.717) is 12.1 Å². The maximum Gasteiger partial charge on any atom is 0.251 e. The van der Waals surface area contributed by atoms with E-state index in [1.807, 2.05) is 18.2 Å². The smallest absolute Gasteiger partial charge is 0.251 e. The summed E-state index contributed by atoms with van der Waals surface area (Å²) in [5, 5.41) is 3.10. The zero-order chi connectivity index (χ0) is 23.8. The number of nitrogens with one attached hydrogen (secondary N) is 1. The van der Waals surface area contributed by atoms with Crippen molar-refractivity contribution in [2.24, 2.45) is 0 Å². The minimum atomic E-state index is -0.0118. The van der Waals surface area contributed by atoms with Crippen molar-refractivity contribution in [1.82, 2.24) is 19.6 Å². The Hall–Kier alpha value is -3.48. The van der Waals surface area contributed by atoms with Crippen molar-refractivity contribution in [3.63, 3.8) is 0 Å². The maximum absolute atomic E-state index is 12.8. The van der Waals surface area contributed by atoms with E-state index >= 15 is 0 Å². The van der Waals surface area contributed by atoms with Gasteiger partial charge >= 0.3 is 0 Å². The molecule has 0 saturated carbocycles. The molecular weight excluding hydrogens is 452 g/mol. The van der Waals surface area contributed by atoms with Gasteiger partial charge in [-0.3, -0.25) is 14.1 Å². The number of aryl methyl sites for hydroxylation is 1. The molecular formula is C29H28N4OS. The molecule has 1 aliphatic rings. The van der Waals surface area contributed by atoms with Gasteiger partial charge in [-0.25, -0.2) is 4.98 Å². The van der Waals surface area contributed by atoms with Crippen molar-refractivity contribution >= 4 is 32.4 Å². The number of imidazole rings is 1. The molecule has 35 heavy (non-hydrogen) atoms. The van der Waals surface area contributed by atoms with Crippen LogP contribution in [0.2, 0.25) is 0 Å². The van der Waals surface area contributed by atoms with Gasteiger partial charge < -0.3 is 5.32 Å². The molecule has 6 rings (SSSR count). The lowest BCUT2D eigenvalue weighted by Gasteiger charge is -2.28. The van der Waals surface area contributed by atoms with Crippen molar-refractivity contribution in [2.45, 2.75) is 26.3 Å². The molecule has 0 unspecified atom stereocenters. The van der Waals surface area contributed by atoms with Crippen LogP contribution < -0.4 is 5.32 Å². The molecule has 3 heterocycles. The van der Waals surface area contributed by atoms with Crippen molar-refractivity contribution < 1.29 is 4.79 Å². The Bertz CT molecular complexity index is 1520. The van der Waals surface area contributed by atoms with E-state index in [2.05, 4.69) is 76.3 Å². The van der Waals surface area contributed by atoms with Crippen LogP contribution in [-0.2, 0) is 13.0 Å². The first-order chi connectivity index (χ1) is 17.1. The third kappa shape index (κ3) is 4.47. The van der Waals surface area contributed by atoms with E-state index in [9.17, 15) is 4.79 Å². The Labute approximate surface area is 209 Å².